The lowest BCUT2D eigenvalue weighted by atomic mass is 9.84. The number of thiazole rings is 1. The SMILES string of the molecule is O=c1c(=C2SC(c3ccccc3)=C(c3ccccc3)S2)sc2n1C(c1ccc(Cl)cc1)C1=C(N=2)C(=Cc2ccc(Cl)cc2)CCC1. The molecule has 226 valence electrons. The van der Waals surface area contributed by atoms with Gasteiger partial charge >= 0.3 is 0 Å². The van der Waals surface area contributed by atoms with E-state index in [4.69, 9.17) is 28.2 Å². The number of thioether (sulfide) groups is 2. The van der Waals surface area contributed by atoms with Gasteiger partial charge in [-0.1, -0.05) is 143 Å². The van der Waals surface area contributed by atoms with Crippen molar-refractivity contribution in [2.45, 2.75) is 25.3 Å². The van der Waals surface area contributed by atoms with Crippen LogP contribution in [-0.4, -0.2) is 4.57 Å². The number of fused-ring (bicyclic) bond motifs is 1. The van der Waals surface area contributed by atoms with Crippen LogP contribution in [0.1, 0.15) is 47.6 Å². The van der Waals surface area contributed by atoms with Crippen molar-refractivity contribution in [2.24, 2.45) is 4.99 Å². The van der Waals surface area contributed by atoms with Crippen LogP contribution in [0.5, 0.6) is 0 Å². The van der Waals surface area contributed by atoms with Crippen molar-refractivity contribution in [1.82, 2.24) is 4.57 Å². The second-order valence-electron chi connectivity index (χ2n) is 11.3. The summed E-state index contributed by atoms with van der Waals surface area (Å²) in [6, 6.07) is 36.4. The molecule has 0 bridgehead atoms. The fraction of sp³-hybridized carbons (Fsp3) is 0.105. The van der Waals surface area contributed by atoms with Crippen LogP contribution in [0.15, 0.2) is 136 Å². The van der Waals surface area contributed by atoms with Gasteiger partial charge in [-0.2, -0.15) is 0 Å². The molecule has 0 saturated carbocycles. The molecule has 5 aromatic rings. The molecule has 1 atom stereocenters. The summed E-state index contributed by atoms with van der Waals surface area (Å²) in [6.45, 7) is 0. The van der Waals surface area contributed by atoms with E-state index < -0.39 is 0 Å². The highest BCUT2D eigenvalue weighted by Crippen LogP contribution is 2.57. The van der Waals surface area contributed by atoms with E-state index in [1.807, 2.05) is 65.2 Å². The number of hydrogen-bond acceptors (Lipinski definition) is 5. The number of halogens is 2. The Kier molecular flexibility index (Phi) is 8.17. The number of allylic oxidation sites excluding steroid dienone is 2. The standard InChI is InChI=1S/C38H26Cl2N2OS3/c39-28-18-14-23(15-19-28)22-27-12-7-13-30-31(27)41-38-42(32(30)24-16-20-29(40)21-17-24)36(43)35(46-38)37-44-33(25-8-3-1-4-9-25)34(45-37)26-10-5-2-6-11-26/h1-6,8-11,14-22,32H,7,12-13H2. The zero-order valence-corrected chi connectivity index (χ0v) is 28.4. The second kappa shape index (κ2) is 12.6. The van der Waals surface area contributed by atoms with Crippen LogP contribution in [0.25, 0.3) is 20.1 Å². The molecular weight excluding hydrogens is 668 g/mol. The predicted molar refractivity (Wildman–Crippen MR) is 198 cm³/mol. The number of benzene rings is 4. The Labute approximate surface area is 289 Å². The molecule has 1 aromatic heterocycles. The molecule has 1 unspecified atom stereocenters. The van der Waals surface area contributed by atoms with Crippen molar-refractivity contribution >= 4 is 78.2 Å². The van der Waals surface area contributed by atoms with Gasteiger partial charge in [0, 0.05) is 19.9 Å². The van der Waals surface area contributed by atoms with Gasteiger partial charge in [0.2, 0.25) is 0 Å². The molecule has 1 aliphatic carbocycles. The maximum Gasteiger partial charge on any atom is 0.272 e. The maximum absolute atomic E-state index is 14.6. The Morgan fingerprint density at radius 2 is 1.33 bits per heavy atom. The molecule has 0 saturated heterocycles. The van der Waals surface area contributed by atoms with Gasteiger partial charge in [-0.15, -0.1) is 0 Å². The van der Waals surface area contributed by atoms with Crippen LogP contribution in [0.2, 0.25) is 10.0 Å². The molecule has 3 heterocycles. The van der Waals surface area contributed by atoms with Crippen molar-refractivity contribution in [2.75, 3.05) is 0 Å². The summed E-state index contributed by atoms with van der Waals surface area (Å²) < 4.78 is 3.65. The number of nitrogens with zero attached hydrogens (tertiary/aromatic N) is 2. The molecule has 8 rings (SSSR count). The van der Waals surface area contributed by atoms with E-state index >= 15 is 0 Å². The highest BCUT2D eigenvalue weighted by Gasteiger charge is 2.34. The molecule has 8 heteroatoms. The highest BCUT2D eigenvalue weighted by atomic mass is 35.5. The normalized spacial score (nSPS) is 18.5. The summed E-state index contributed by atoms with van der Waals surface area (Å²) in [4.78, 5) is 22.9. The highest BCUT2D eigenvalue weighted by molar-refractivity contribution is 8.41. The molecule has 3 nitrogen and oxygen atoms in total. The number of aromatic nitrogens is 1. The van der Waals surface area contributed by atoms with Gasteiger partial charge in [0.1, 0.15) is 4.53 Å². The van der Waals surface area contributed by atoms with Gasteiger partial charge < -0.3 is 0 Å². The molecule has 0 N–H and O–H groups in total. The largest absolute Gasteiger partial charge is 0.272 e. The zero-order valence-electron chi connectivity index (χ0n) is 24.5. The third-order valence-corrected chi connectivity index (χ3v) is 12.9. The van der Waals surface area contributed by atoms with Gasteiger partial charge in [0.25, 0.3) is 5.56 Å². The average Bonchev–Trinajstić information content (AvgIpc) is 3.68. The van der Waals surface area contributed by atoms with Gasteiger partial charge in [0.15, 0.2) is 4.80 Å². The van der Waals surface area contributed by atoms with E-state index in [2.05, 4.69) is 54.6 Å². The van der Waals surface area contributed by atoms with E-state index in [1.165, 1.54) is 32.3 Å². The summed E-state index contributed by atoms with van der Waals surface area (Å²) in [5.74, 6) is 0. The van der Waals surface area contributed by atoms with Crippen molar-refractivity contribution in [3.05, 3.63) is 178 Å². The fourth-order valence-corrected chi connectivity index (χ4v) is 10.4. The van der Waals surface area contributed by atoms with E-state index in [1.54, 1.807) is 23.5 Å². The maximum atomic E-state index is 14.6. The summed E-state index contributed by atoms with van der Waals surface area (Å²) in [5, 5.41) is 1.39. The lowest BCUT2D eigenvalue weighted by Gasteiger charge is -2.31. The minimum Gasteiger partial charge on any atom is -0.272 e. The molecular formula is C38H26Cl2N2OS3. The third kappa shape index (κ3) is 5.56. The molecule has 3 aliphatic rings. The van der Waals surface area contributed by atoms with Crippen LogP contribution in [0.3, 0.4) is 0 Å². The third-order valence-electron chi connectivity index (χ3n) is 8.36. The molecule has 2 aliphatic heterocycles. The van der Waals surface area contributed by atoms with Crippen LogP contribution >= 0.6 is 58.1 Å². The van der Waals surface area contributed by atoms with Gasteiger partial charge in [-0.25, -0.2) is 4.99 Å². The second-order valence-corrected chi connectivity index (χ2v) is 15.4. The molecule has 0 fully saturated rings. The Morgan fingerprint density at radius 1 is 0.739 bits per heavy atom. The summed E-state index contributed by atoms with van der Waals surface area (Å²) in [5.41, 5.74) is 7.78. The zero-order chi connectivity index (χ0) is 31.2. The summed E-state index contributed by atoms with van der Waals surface area (Å²) in [6.07, 6.45) is 5.01. The Balaban J connectivity index is 1.32. The Bertz CT molecular complexity index is 2200. The first kappa shape index (κ1) is 29.9. The van der Waals surface area contributed by atoms with E-state index in [9.17, 15) is 4.79 Å². The molecule has 4 aromatic carbocycles. The van der Waals surface area contributed by atoms with Gasteiger partial charge in [-0.3, -0.25) is 9.36 Å². The smallest absolute Gasteiger partial charge is 0.272 e. The minimum absolute atomic E-state index is 0.000720. The average molecular weight is 694 g/mol. The van der Waals surface area contributed by atoms with Crippen LogP contribution < -0.4 is 14.9 Å². The lowest BCUT2D eigenvalue weighted by Crippen LogP contribution is -2.39. The van der Waals surface area contributed by atoms with Crippen molar-refractivity contribution in [3.63, 3.8) is 0 Å². The van der Waals surface area contributed by atoms with E-state index in [-0.39, 0.29) is 11.6 Å². The van der Waals surface area contributed by atoms with Gasteiger partial charge in [0.05, 0.1) is 16.0 Å². The first-order valence-corrected chi connectivity index (χ1v) is 18.2. The first-order valence-electron chi connectivity index (χ1n) is 15.0. The van der Waals surface area contributed by atoms with Crippen molar-refractivity contribution in [3.8, 4) is 0 Å². The van der Waals surface area contributed by atoms with Crippen LogP contribution in [0.4, 0.5) is 0 Å². The van der Waals surface area contributed by atoms with Crippen LogP contribution in [0, 0.1) is 0 Å². The predicted octanol–water partition coefficient (Wildman–Crippen LogP) is 10.0. The summed E-state index contributed by atoms with van der Waals surface area (Å²) >= 11 is 17.4. The Morgan fingerprint density at radius 3 is 1.93 bits per heavy atom. The van der Waals surface area contributed by atoms with Gasteiger partial charge in [-0.05, 0) is 83.0 Å². The van der Waals surface area contributed by atoms with Crippen molar-refractivity contribution in [1.29, 1.82) is 0 Å². The molecule has 0 spiro atoms. The molecule has 0 amide bonds. The van der Waals surface area contributed by atoms with E-state index in [0.29, 0.717) is 10.0 Å². The van der Waals surface area contributed by atoms with E-state index in [0.717, 1.165) is 60.8 Å². The minimum atomic E-state index is -0.252. The Hall–Kier alpha value is -3.52. The summed E-state index contributed by atoms with van der Waals surface area (Å²) in [7, 11) is 0. The topological polar surface area (TPSA) is 34.4 Å². The lowest BCUT2D eigenvalue weighted by molar-refractivity contribution is 0.553. The monoisotopic (exact) mass is 692 g/mol. The van der Waals surface area contributed by atoms with Crippen molar-refractivity contribution < 1.29 is 0 Å². The molecule has 0 radical (unpaired) electrons. The fourth-order valence-electron chi connectivity index (χ4n) is 6.23. The number of hydrogen-bond donors (Lipinski definition) is 0. The van der Waals surface area contributed by atoms with Crippen LogP contribution in [-0.2, 0) is 0 Å². The number of rotatable bonds is 4. The molecule has 46 heavy (non-hydrogen) atoms. The quantitative estimate of drug-likeness (QED) is 0.188. The first-order chi connectivity index (χ1) is 22.5.